The normalized spacial score (nSPS) is 10.9. The van der Waals surface area contributed by atoms with Crippen LogP contribution in [0.25, 0.3) is 17.4 Å². The monoisotopic (exact) mass is 450 g/mol. The van der Waals surface area contributed by atoms with Crippen LogP contribution in [0.15, 0.2) is 64.6 Å². The topological polar surface area (TPSA) is 102 Å². The first-order chi connectivity index (χ1) is 15.4. The van der Waals surface area contributed by atoms with Crippen LogP contribution in [0.4, 0.5) is 0 Å². The third-order valence-electron chi connectivity index (χ3n) is 4.55. The molecule has 32 heavy (non-hydrogen) atoms. The minimum atomic E-state index is -0.538. The highest BCUT2D eigenvalue weighted by Crippen LogP contribution is 2.28. The summed E-state index contributed by atoms with van der Waals surface area (Å²) in [5.41, 5.74) is 1.64. The zero-order chi connectivity index (χ0) is 23.1. The molecule has 0 saturated carbocycles. The van der Waals surface area contributed by atoms with Crippen molar-refractivity contribution in [2.75, 3.05) is 14.2 Å². The Kier molecular flexibility index (Phi) is 7.32. The molecule has 2 aromatic carbocycles. The number of hydrogen-bond donors (Lipinski definition) is 1. The lowest BCUT2D eigenvalue weighted by Crippen LogP contribution is -2.23. The first-order valence-corrected chi connectivity index (χ1v) is 9.84. The molecular formula is C24H19ClN2O5. The number of halogens is 1. The molecule has 0 radical (unpaired) electrons. The minimum absolute atomic E-state index is 0.0986. The highest BCUT2D eigenvalue weighted by molar-refractivity contribution is 6.33. The largest absolute Gasteiger partial charge is 0.497 e. The quantitative estimate of drug-likeness (QED) is 0.320. The molecule has 7 nitrogen and oxygen atoms in total. The molecule has 0 aliphatic rings. The first kappa shape index (κ1) is 22.7. The second-order valence-electron chi connectivity index (χ2n) is 6.59. The van der Waals surface area contributed by atoms with Gasteiger partial charge < -0.3 is 19.2 Å². The number of hydrogen-bond acceptors (Lipinski definition) is 6. The van der Waals surface area contributed by atoms with Crippen molar-refractivity contribution in [1.29, 1.82) is 5.26 Å². The molecule has 1 N–H and O–H groups in total. The Labute approximate surface area is 189 Å². The summed E-state index contributed by atoms with van der Waals surface area (Å²) in [6, 6.07) is 17.2. The van der Waals surface area contributed by atoms with Crippen molar-refractivity contribution < 1.29 is 23.5 Å². The fraction of sp³-hybridized carbons (Fsp3) is 0.125. The van der Waals surface area contributed by atoms with Gasteiger partial charge in [-0.1, -0.05) is 29.8 Å². The summed E-state index contributed by atoms with van der Waals surface area (Å²) in [6.07, 6.45) is 1.36. The van der Waals surface area contributed by atoms with E-state index in [0.29, 0.717) is 22.8 Å². The van der Waals surface area contributed by atoms with Gasteiger partial charge in [0.1, 0.15) is 28.9 Å². The number of esters is 1. The molecule has 162 valence electrons. The van der Waals surface area contributed by atoms with Gasteiger partial charge in [-0.05, 0) is 42.0 Å². The lowest BCUT2D eigenvalue weighted by atomic mass is 10.1. The average Bonchev–Trinajstić information content (AvgIpc) is 3.29. The van der Waals surface area contributed by atoms with Gasteiger partial charge in [0.05, 0.1) is 24.8 Å². The van der Waals surface area contributed by atoms with Crippen molar-refractivity contribution in [1.82, 2.24) is 5.32 Å². The van der Waals surface area contributed by atoms with E-state index in [9.17, 15) is 14.9 Å². The maximum absolute atomic E-state index is 12.4. The van der Waals surface area contributed by atoms with Gasteiger partial charge in [0.25, 0.3) is 5.91 Å². The summed E-state index contributed by atoms with van der Waals surface area (Å²) < 4.78 is 15.5. The summed E-state index contributed by atoms with van der Waals surface area (Å²) in [6.45, 7) is 0.260. The van der Waals surface area contributed by atoms with Gasteiger partial charge >= 0.3 is 5.97 Å². The van der Waals surface area contributed by atoms with Crippen LogP contribution in [-0.4, -0.2) is 26.1 Å². The average molecular weight is 451 g/mol. The maximum Gasteiger partial charge on any atom is 0.339 e. The first-order valence-electron chi connectivity index (χ1n) is 9.46. The van der Waals surface area contributed by atoms with Gasteiger partial charge in [0.2, 0.25) is 0 Å². The van der Waals surface area contributed by atoms with Crippen LogP contribution in [0.3, 0.4) is 0 Å². The van der Waals surface area contributed by atoms with Gasteiger partial charge in [0.15, 0.2) is 0 Å². The highest BCUT2D eigenvalue weighted by atomic mass is 35.5. The molecule has 0 aliphatic carbocycles. The number of benzene rings is 2. The Morgan fingerprint density at radius 2 is 1.88 bits per heavy atom. The summed E-state index contributed by atoms with van der Waals surface area (Å²) in [7, 11) is 2.85. The van der Waals surface area contributed by atoms with E-state index in [1.165, 1.54) is 19.3 Å². The number of methoxy groups -OCH3 is 2. The van der Waals surface area contributed by atoms with Crippen molar-refractivity contribution in [3.8, 4) is 23.1 Å². The lowest BCUT2D eigenvalue weighted by Gasteiger charge is -2.05. The van der Waals surface area contributed by atoms with E-state index < -0.39 is 11.9 Å². The number of ether oxygens (including phenoxy) is 2. The Balaban J connectivity index is 1.71. The molecule has 0 bridgehead atoms. The third kappa shape index (κ3) is 5.36. The van der Waals surface area contributed by atoms with Crippen LogP contribution in [0.5, 0.6) is 5.75 Å². The molecule has 8 heteroatoms. The number of carbonyl (C=O) groups excluding carboxylic acids is 2. The van der Waals surface area contributed by atoms with E-state index in [4.69, 9.17) is 20.8 Å². The van der Waals surface area contributed by atoms with E-state index in [1.54, 1.807) is 43.5 Å². The minimum Gasteiger partial charge on any atom is -0.497 e. The van der Waals surface area contributed by atoms with E-state index in [1.807, 2.05) is 18.2 Å². The molecule has 0 atom stereocenters. The number of furan rings is 1. The molecule has 0 spiro atoms. The van der Waals surface area contributed by atoms with Crippen molar-refractivity contribution in [3.05, 3.63) is 82.1 Å². The van der Waals surface area contributed by atoms with Crippen LogP contribution in [0.1, 0.15) is 21.7 Å². The van der Waals surface area contributed by atoms with Crippen molar-refractivity contribution >= 4 is 29.6 Å². The summed E-state index contributed by atoms with van der Waals surface area (Å²) in [5.74, 6) is 0.443. The SMILES string of the molecule is COC(=O)c1ccc(-c2ccc(/C=C(/C#N)C(=O)NCc3ccc(OC)cc3)o2)cc1Cl. The predicted molar refractivity (Wildman–Crippen MR) is 119 cm³/mol. The van der Waals surface area contributed by atoms with Crippen molar-refractivity contribution in [2.45, 2.75) is 6.54 Å². The molecule has 3 rings (SSSR count). The zero-order valence-corrected chi connectivity index (χ0v) is 18.1. The number of nitrogens with one attached hydrogen (secondary N) is 1. The lowest BCUT2D eigenvalue weighted by molar-refractivity contribution is -0.117. The van der Waals surface area contributed by atoms with E-state index in [-0.39, 0.29) is 22.7 Å². The maximum atomic E-state index is 12.4. The van der Waals surface area contributed by atoms with Gasteiger partial charge in [-0.25, -0.2) is 4.79 Å². The van der Waals surface area contributed by atoms with E-state index in [2.05, 4.69) is 10.1 Å². The molecule has 1 amide bonds. The molecule has 0 saturated heterocycles. The number of amides is 1. The number of nitrogens with zero attached hydrogens (tertiary/aromatic N) is 1. The van der Waals surface area contributed by atoms with Crippen LogP contribution < -0.4 is 10.1 Å². The number of carbonyl (C=O) groups is 2. The van der Waals surface area contributed by atoms with E-state index >= 15 is 0 Å². The fourth-order valence-corrected chi connectivity index (χ4v) is 3.10. The van der Waals surface area contributed by atoms with Crippen LogP contribution >= 0.6 is 11.6 Å². The van der Waals surface area contributed by atoms with Crippen molar-refractivity contribution in [2.24, 2.45) is 0 Å². The molecule has 1 aromatic heterocycles. The van der Waals surface area contributed by atoms with E-state index in [0.717, 1.165) is 5.56 Å². The predicted octanol–water partition coefficient (Wildman–Crippen LogP) is 4.62. The Bertz CT molecular complexity index is 1210. The molecule has 3 aromatic rings. The van der Waals surface area contributed by atoms with Gasteiger partial charge in [-0.3, -0.25) is 4.79 Å². The van der Waals surface area contributed by atoms with Gasteiger partial charge in [-0.15, -0.1) is 0 Å². The Morgan fingerprint density at radius 3 is 2.50 bits per heavy atom. The van der Waals surface area contributed by atoms with Gasteiger partial charge in [0, 0.05) is 18.2 Å². The van der Waals surface area contributed by atoms with Crippen LogP contribution in [0, 0.1) is 11.3 Å². The highest BCUT2D eigenvalue weighted by Gasteiger charge is 2.14. The summed E-state index contributed by atoms with van der Waals surface area (Å²) >= 11 is 6.15. The van der Waals surface area contributed by atoms with Crippen molar-refractivity contribution in [3.63, 3.8) is 0 Å². The third-order valence-corrected chi connectivity index (χ3v) is 4.86. The molecular weight excluding hydrogens is 432 g/mol. The smallest absolute Gasteiger partial charge is 0.339 e. The molecule has 0 fully saturated rings. The zero-order valence-electron chi connectivity index (χ0n) is 17.3. The molecule has 0 unspecified atom stereocenters. The summed E-state index contributed by atoms with van der Waals surface area (Å²) in [4.78, 5) is 24.1. The number of rotatable bonds is 7. The Morgan fingerprint density at radius 1 is 1.12 bits per heavy atom. The van der Waals surface area contributed by atoms with Gasteiger partial charge in [-0.2, -0.15) is 5.26 Å². The Hall–Kier alpha value is -4.02. The standard InChI is InChI=1S/C24H19ClN2O5/c1-30-18-6-3-15(4-7-18)14-27-23(28)17(13-26)11-19-8-10-22(32-19)16-5-9-20(21(25)12-16)24(29)31-2/h3-12H,14H2,1-2H3,(H,27,28)/b17-11-. The fourth-order valence-electron chi connectivity index (χ4n) is 2.84. The van der Waals surface area contributed by atoms with Crippen LogP contribution in [-0.2, 0) is 16.1 Å². The second kappa shape index (κ2) is 10.3. The second-order valence-corrected chi connectivity index (χ2v) is 7.00. The van der Waals surface area contributed by atoms with Crippen LogP contribution in [0.2, 0.25) is 5.02 Å². The number of nitriles is 1. The molecule has 1 heterocycles. The molecule has 0 aliphatic heterocycles. The summed E-state index contributed by atoms with van der Waals surface area (Å²) in [5, 5.41) is 12.3.